The first-order chi connectivity index (χ1) is 29.8. The Morgan fingerprint density at radius 3 is 1.78 bits per heavy atom. The fraction of sp³-hybridized carbons (Fsp3) is 0.615. The first kappa shape index (κ1) is 47.1. The van der Waals surface area contributed by atoms with E-state index in [-0.39, 0.29) is 17.1 Å². The standard InChI is InChI=1S/C39H50O24/c1-11-21(43)26(48)30(52)36(56-11)55-10-19-24(46)28(50)32(54)38(61-19)62-34-25(47)20-16(42)7-15(8-17(20)59-33(34)13-3-5-14(41)6-4-13)58-39-35(29(51)23(45)18(9-40)60-39)63-37-31(53)27(49)22(44)12(2)57-37/h3-8,11-12,18-19,21-24,26-32,35-46,48-54H,9-10H2,1-2H3/t11-,12-,18+,19+,21-,22-,23+,24+,26+,27+,28-,29-,30+,31+,32+,35+,36-,37-,38-,39+/m0/s1. The van der Waals surface area contributed by atoms with Crippen molar-refractivity contribution in [3.05, 3.63) is 46.6 Å². The van der Waals surface area contributed by atoms with Gasteiger partial charge in [0.1, 0.15) is 108 Å². The molecule has 7 rings (SSSR count). The van der Waals surface area contributed by atoms with Crippen molar-refractivity contribution in [3.63, 3.8) is 0 Å². The largest absolute Gasteiger partial charge is 0.508 e. The maximum absolute atomic E-state index is 14.3. The summed E-state index contributed by atoms with van der Waals surface area (Å²) in [5, 5.41) is 146. The minimum absolute atomic E-state index is 0.0660. The van der Waals surface area contributed by atoms with Crippen LogP contribution in [0.15, 0.2) is 45.6 Å². The molecule has 4 fully saturated rings. The van der Waals surface area contributed by atoms with Crippen LogP contribution in [0.25, 0.3) is 22.3 Å². The minimum Gasteiger partial charge on any atom is -0.508 e. The number of benzene rings is 2. The molecule has 20 atom stereocenters. The summed E-state index contributed by atoms with van der Waals surface area (Å²) in [5.74, 6) is -2.48. The Balaban J connectivity index is 1.20. The molecule has 24 nitrogen and oxygen atoms in total. The summed E-state index contributed by atoms with van der Waals surface area (Å²) >= 11 is 0. The summed E-state index contributed by atoms with van der Waals surface area (Å²) < 4.78 is 51.4. The van der Waals surface area contributed by atoms with Crippen molar-refractivity contribution in [3.8, 4) is 34.3 Å². The fourth-order valence-corrected chi connectivity index (χ4v) is 7.56. The van der Waals surface area contributed by atoms with E-state index in [1.807, 2.05) is 0 Å². The van der Waals surface area contributed by atoms with Gasteiger partial charge in [-0.25, -0.2) is 0 Å². The van der Waals surface area contributed by atoms with E-state index >= 15 is 0 Å². The minimum atomic E-state index is -2.05. The highest BCUT2D eigenvalue weighted by molar-refractivity contribution is 5.88. The van der Waals surface area contributed by atoms with E-state index in [1.165, 1.54) is 38.1 Å². The van der Waals surface area contributed by atoms with Crippen molar-refractivity contribution in [2.75, 3.05) is 13.2 Å². The number of aliphatic hydroxyl groups excluding tert-OH is 12. The lowest BCUT2D eigenvalue weighted by Gasteiger charge is -2.45. The van der Waals surface area contributed by atoms with Gasteiger partial charge in [0.15, 0.2) is 24.4 Å². The van der Waals surface area contributed by atoms with Crippen molar-refractivity contribution >= 4 is 11.0 Å². The Kier molecular flexibility index (Phi) is 14.1. The molecule has 0 saturated carbocycles. The zero-order valence-corrected chi connectivity index (χ0v) is 33.3. The maximum atomic E-state index is 14.3. The highest BCUT2D eigenvalue weighted by Crippen LogP contribution is 2.39. The van der Waals surface area contributed by atoms with Crippen LogP contribution in [-0.4, -0.2) is 208 Å². The highest BCUT2D eigenvalue weighted by atomic mass is 16.8. The highest BCUT2D eigenvalue weighted by Gasteiger charge is 2.52. The van der Waals surface area contributed by atoms with Gasteiger partial charge in [-0.2, -0.15) is 0 Å². The molecule has 1 aromatic heterocycles. The molecule has 4 saturated heterocycles. The molecule has 24 heteroatoms. The predicted molar refractivity (Wildman–Crippen MR) is 202 cm³/mol. The number of phenols is 2. The van der Waals surface area contributed by atoms with Crippen molar-refractivity contribution in [1.82, 2.24) is 0 Å². The Morgan fingerprint density at radius 2 is 1.14 bits per heavy atom. The van der Waals surface area contributed by atoms with Crippen molar-refractivity contribution in [2.45, 2.75) is 137 Å². The summed E-state index contributed by atoms with van der Waals surface area (Å²) in [6.07, 6.45) is -33.4. The van der Waals surface area contributed by atoms with Crippen LogP contribution in [0.2, 0.25) is 0 Å². The topological polar surface area (TPSA) is 387 Å². The maximum Gasteiger partial charge on any atom is 0.239 e. The summed E-state index contributed by atoms with van der Waals surface area (Å²) in [5.41, 5.74) is -1.43. The summed E-state index contributed by atoms with van der Waals surface area (Å²) in [4.78, 5) is 14.3. The molecule has 350 valence electrons. The third-order valence-electron chi connectivity index (χ3n) is 11.3. The molecule has 14 N–H and O–H groups in total. The molecular weight excluding hydrogens is 852 g/mol. The second-order valence-corrected chi connectivity index (χ2v) is 15.7. The lowest BCUT2D eigenvalue weighted by Crippen LogP contribution is -2.64. The lowest BCUT2D eigenvalue weighted by molar-refractivity contribution is -0.354. The number of rotatable bonds is 11. The molecule has 5 heterocycles. The Bertz CT molecular complexity index is 2090. The number of hydrogen-bond acceptors (Lipinski definition) is 24. The number of aromatic hydroxyl groups is 2. The van der Waals surface area contributed by atoms with Gasteiger partial charge in [0.05, 0.1) is 25.4 Å². The molecule has 0 unspecified atom stereocenters. The predicted octanol–water partition coefficient (Wildman–Crippen LogP) is -5.07. The van der Waals surface area contributed by atoms with E-state index in [2.05, 4.69) is 0 Å². The van der Waals surface area contributed by atoms with E-state index in [4.69, 9.17) is 42.3 Å². The van der Waals surface area contributed by atoms with Crippen LogP contribution in [0.5, 0.6) is 23.0 Å². The van der Waals surface area contributed by atoms with Gasteiger partial charge in [-0.15, -0.1) is 0 Å². The third-order valence-corrected chi connectivity index (χ3v) is 11.3. The number of ether oxygens (including phenoxy) is 8. The molecule has 0 amide bonds. The SMILES string of the molecule is C[C@@H]1O[C@@H](O[C@H]2[C@H](Oc3cc(O)c4c(=O)c(O[C@@H]5O[C@H](CO[C@H]6O[C@@H](C)[C@H](O)[C@@H](O)[C@H]6O)[C@@H](O)[C@H](O)[C@H]5O)c(-c5ccc(O)cc5)oc4c3)O[C@H](CO)[C@@H](O)[C@@H]2O)[C@H](O)[C@H](O)[C@H]1O. The second-order valence-electron chi connectivity index (χ2n) is 15.7. The van der Waals surface area contributed by atoms with Gasteiger partial charge < -0.3 is 114 Å². The Hall–Kier alpha value is -3.87. The summed E-state index contributed by atoms with van der Waals surface area (Å²) in [7, 11) is 0. The Labute approximate surface area is 355 Å². The average molecular weight is 903 g/mol. The smallest absolute Gasteiger partial charge is 0.239 e. The molecule has 4 aliphatic heterocycles. The van der Waals surface area contributed by atoms with Crippen LogP contribution in [-0.2, 0) is 28.4 Å². The van der Waals surface area contributed by atoms with E-state index in [0.717, 1.165) is 12.1 Å². The van der Waals surface area contributed by atoms with Gasteiger partial charge >= 0.3 is 0 Å². The van der Waals surface area contributed by atoms with Crippen LogP contribution in [0.1, 0.15) is 13.8 Å². The van der Waals surface area contributed by atoms with Crippen molar-refractivity contribution in [1.29, 1.82) is 0 Å². The lowest BCUT2D eigenvalue weighted by atomic mass is 9.97. The van der Waals surface area contributed by atoms with Crippen LogP contribution in [0.4, 0.5) is 0 Å². The molecular formula is C39H50O24. The normalized spacial score (nSPS) is 41.0. The zero-order chi connectivity index (χ0) is 45.8. The molecule has 3 aromatic rings. The van der Waals surface area contributed by atoms with Gasteiger partial charge in [0.25, 0.3) is 0 Å². The third kappa shape index (κ3) is 9.19. The second kappa shape index (κ2) is 18.9. The van der Waals surface area contributed by atoms with E-state index in [0.29, 0.717) is 0 Å². The summed E-state index contributed by atoms with van der Waals surface area (Å²) in [6, 6.07) is 7.05. The van der Waals surface area contributed by atoms with E-state index < -0.39 is 170 Å². The zero-order valence-electron chi connectivity index (χ0n) is 33.3. The molecule has 0 bridgehead atoms. The number of aliphatic hydroxyl groups is 12. The van der Waals surface area contributed by atoms with Gasteiger partial charge in [-0.05, 0) is 38.1 Å². The molecule has 0 aliphatic carbocycles. The number of fused-ring (bicyclic) bond motifs is 1. The first-order valence-electron chi connectivity index (χ1n) is 19.8. The number of phenolic OH excluding ortho intramolecular Hbond substituents is 2. The first-order valence-corrected chi connectivity index (χ1v) is 19.8. The van der Waals surface area contributed by atoms with Gasteiger partial charge in [-0.1, -0.05) is 0 Å². The fourth-order valence-electron chi connectivity index (χ4n) is 7.56. The van der Waals surface area contributed by atoms with E-state index in [1.54, 1.807) is 0 Å². The van der Waals surface area contributed by atoms with E-state index in [9.17, 15) is 76.3 Å². The van der Waals surface area contributed by atoms with Crippen LogP contribution in [0.3, 0.4) is 0 Å². The Morgan fingerprint density at radius 1 is 0.587 bits per heavy atom. The average Bonchev–Trinajstić information content (AvgIpc) is 3.25. The summed E-state index contributed by atoms with van der Waals surface area (Å²) in [6.45, 7) is 1.28. The molecule has 0 radical (unpaired) electrons. The molecule has 4 aliphatic rings. The molecule has 63 heavy (non-hydrogen) atoms. The van der Waals surface area contributed by atoms with Crippen LogP contribution >= 0.6 is 0 Å². The van der Waals surface area contributed by atoms with Crippen LogP contribution < -0.4 is 14.9 Å². The van der Waals surface area contributed by atoms with Gasteiger partial charge in [-0.3, -0.25) is 4.79 Å². The molecule has 2 aromatic carbocycles. The van der Waals surface area contributed by atoms with Crippen molar-refractivity contribution < 1.29 is 114 Å². The molecule has 0 spiro atoms. The van der Waals surface area contributed by atoms with Gasteiger partial charge in [0, 0.05) is 17.7 Å². The van der Waals surface area contributed by atoms with Crippen LogP contribution in [0, 0.1) is 0 Å². The number of hydrogen-bond donors (Lipinski definition) is 14. The quantitative estimate of drug-likeness (QED) is 0.0856. The van der Waals surface area contributed by atoms with Crippen molar-refractivity contribution in [2.24, 2.45) is 0 Å². The monoisotopic (exact) mass is 902 g/mol. The van der Waals surface area contributed by atoms with Gasteiger partial charge in [0.2, 0.25) is 23.8 Å².